The molecule has 0 saturated heterocycles. The van der Waals surface area contributed by atoms with E-state index in [2.05, 4.69) is 4.98 Å². The number of hydrogen-bond donors (Lipinski definition) is 1. The van der Waals surface area contributed by atoms with Crippen molar-refractivity contribution in [1.29, 1.82) is 0 Å². The van der Waals surface area contributed by atoms with Gasteiger partial charge in [0, 0.05) is 11.9 Å². The first kappa shape index (κ1) is 11.5. The van der Waals surface area contributed by atoms with Gasteiger partial charge in [0.1, 0.15) is 0 Å². The van der Waals surface area contributed by atoms with Crippen LogP contribution >= 0.6 is 11.8 Å². The summed E-state index contributed by atoms with van der Waals surface area (Å²) in [6.07, 6.45) is 3.37. The van der Waals surface area contributed by atoms with Crippen LogP contribution in [0.4, 0.5) is 0 Å². The van der Waals surface area contributed by atoms with Gasteiger partial charge >= 0.3 is 0 Å². The predicted octanol–water partition coefficient (Wildman–Crippen LogP) is 2.72. The van der Waals surface area contributed by atoms with Crippen LogP contribution in [-0.4, -0.2) is 21.4 Å². The Labute approximate surface area is 89.8 Å². The minimum atomic E-state index is -0.539. The average Bonchev–Trinajstić information content (AvgIpc) is 2.27. The fourth-order valence-electron chi connectivity index (χ4n) is 1.09. The maximum atomic E-state index is 10.0. The molecule has 3 heteroatoms. The lowest BCUT2D eigenvalue weighted by atomic mass is 10.0. The van der Waals surface area contributed by atoms with Gasteiger partial charge in [0.25, 0.3) is 0 Å². The van der Waals surface area contributed by atoms with E-state index in [1.165, 1.54) is 0 Å². The first-order chi connectivity index (χ1) is 6.70. The van der Waals surface area contributed by atoms with Crippen LogP contribution in [0, 0.1) is 0 Å². The molecule has 2 nitrogen and oxygen atoms in total. The molecule has 1 N–H and O–H groups in total. The Bertz CT molecular complexity index is 259. The highest BCUT2D eigenvalue weighted by molar-refractivity contribution is 7.99. The summed E-state index contributed by atoms with van der Waals surface area (Å²) in [5.41, 5.74) is -0.539. The number of aliphatic hydroxyl groups is 1. The van der Waals surface area contributed by atoms with E-state index in [0.717, 1.165) is 23.6 Å². The summed E-state index contributed by atoms with van der Waals surface area (Å²) in [4.78, 5) is 4.20. The van der Waals surface area contributed by atoms with E-state index in [1.54, 1.807) is 18.0 Å². The average molecular weight is 211 g/mol. The molecule has 1 heterocycles. The SMILES string of the molecule is CCC(O)(CC)CSc1ccccn1. The fraction of sp³-hybridized carbons (Fsp3) is 0.545. The van der Waals surface area contributed by atoms with Crippen molar-refractivity contribution in [2.45, 2.75) is 37.3 Å². The van der Waals surface area contributed by atoms with Crippen LogP contribution in [-0.2, 0) is 0 Å². The number of nitrogens with zero attached hydrogens (tertiary/aromatic N) is 1. The van der Waals surface area contributed by atoms with Crippen LogP contribution < -0.4 is 0 Å². The smallest absolute Gasteiger partial charge is 0.0960 e. The Balaban J connectivity index is 2.48. The quantitative estimate of drug-likeness (QED) is 0.760. The van der Waals surface area contributed by atoms with E-state index in [0.29, 0.717) is 0 Å². The highest BCUT2D eigenvalue weighted by Gasteiger charge is 2.22. The van der Waals surface area contributed by atoms with Crippen molar-refractivity contribution in [3.8, 4) is 0 Å². The van der Waals surface area contributed by atoms with Gasteiger partial charge in [-0.3, -0.25) is 0 Å². The molecule has 0 aliphatic heterocycles. The van der Waals surface area contributed by atoms with Gasteiger partial charge in [0.2, 0.25) is 0 Å². The van der Waals surface area contributed by atoms with E-state index in [-0.39, 0.29) is 0 Å². The van der Waals surface area contributed by atoms with E-state index in [9.17, 15) is 5.11 Å². The third-order valence-corrected chi connectivity index (χ3v) is 3.66. The van der Waals surface area contributed by atoms with Crippen molar-refractivity contribution in [3.05, 3.63) is 24.4 Å². The molecule has 0 aliphatic carbocycles. The third kappa shape index (κ3) is 3.31. The van der Waals surface area contributed by atoms with Crippen molar-refractivity contribution >= 4 is 11.8 Å². The first-order valence-corrected chi connectivity index (χ1v) is 5.95. The number of rotatable bonds is 5. The van der Waals surface area contributed by atoms with Crippen molar-refractivity contribution in [2.75, 3.05) is 5.75 Å². The molecular formula is C11H17NOS. The zero-order valence-corrected chi connectivity index (χ0v) is 9.55. The fourth-order valence-corrected chi connectivity index (χ4v) is 2.23. The van der Waals surface area contributed by atoms with E-state index < -0.39 is 5.60 Å². The van der Waals surface area contributed by atoms with Gasteiger partial charge in [-0.15, -0.1) is 11.8 Å². The van der Waals surface area contributed by atoms with Crippen molar-refractivity contribution in [2.24, 2.45) is 0 Å². The van der Waals surface area contributed by atoms with Crippen LogP contribution in [0.25, 0.3) is 0 Å². The Morgan fingerprint density at radius 1 is 1.36 bits per heavy atom. The molecule has 0 aromatic carbocycles. The summed E-state index contributed by atoms with van der Waals surface area (Å²) in [6.45, 7) is 4.03. The summed E-state index contributed by atoms with van der Waals surface area (Å²) in [5, 5.41) is 11.0. The van der Waals surface area contributed by atoms with E-state index in [1.807, 2.05) is 32.0 Å². The predicted molar refractivity (Wildman–Crippen MR) is 60.5 cm³/mol. The molecule has 1 rings (SSSR count). The summed E-state index contributed by atoms with van der Waals surface area (Å²) in [5.74, 6) is 0.719. The second-order valence-corrected chi connectivity index (χ2v) is 4.38. The lowest BCUT2D eigenvalue weighted by Gasteiger charge is -2.24. The Morgan fingerprint density at radius 2 is 2.07 bits per heavy atom. The molecule has 0 fully saturated rings. The number of pyridine rings is 1. The number of thioether (sulfide) groups is 1. The summed E-state index contributed by atoms with van der Waals surface area (Å²) >= 11 is 1.62. The Hall–Kier alpha value is -0.540. The maximum absolute atomic E-state index is 10.0. The van der Waals surface area contributed by atoms with Crippen molar-refractivity contribution in [1.82, 2.24) is 4.98 Å². The lowest BCUT2D eigenvalue weighted by Crippen LogP contribution is -2.29. The molecule has 0 unspecified atom stereocenters. The normalized spacial score (nSPS) is 11.6. The van der Waals surface area contributed by atoms with Crippen LogP contribution in [0.5, 0.6) is 0 Å². The zero-order chi connectivity index (χ0) is 10.4. The third-order valence-electron chi connectivity index (χ3n) is 2.44. The number of aromatic nitrogens is 1. The molecule has 0 amide bonds. The molecule has 0 bridgehead atoms. The highest BCUT2D eigenvalue weighted by atomic mass is 32.2. The number of hydrogen-bond acceptors (Lipinski definition) is 3. The molecule has 0 saturated carbocycles. The molecular weight excluding hydrogens is 194 g/mol. The van der Waals surface area contributed by atoms with Gasteiger partial charge in [-0.2, -0.15) is 0 Å². The molecule has 1 aromatic heterocycles. The van der Waals surface area contributed by atoms with Crippen LogP contribution in [0.1, 0.15) is 26.7 Å². The van der Waals surface area contributed by atoms with Gasteiger partial charge in [-0.1, -0.05) is 19.9 Å². The second kappa shape index (κ2) is 5.37. The molecule has 0 radical (unpaired) electrons. The summed E-state index contributed by atoms with van der Waals surface area (Å²) in [6, 6.07) is 5.83. The maximum Gasteiger partial charge on any atom is 0.0960 e. The minimum Gasteiger partial charge on any atom is -0.389 e. The standard InChI is InChI=1S/C11H17NOS/c1-3-11(13,4-2)9-14-10-7-5-6-8-12-10/h5-8,13H,3-4,9H2,1-2H3. The van der Waals surface area contributed by atoms with Crippen LogP contribution in [0.2, 0.25) is 0 Å². The molecule has 0 atom stereocenters. The van der Waals surface area contributed by atoms with Gasteiger partial charge < -0.3 is 5.11 Å². The molecule has 78 valence electrons. The molecule has 1 aromatic rings. The molecule has 14 heavy (non-hydrogen) atoms. The summed E-state index contributed by atoms with van der Waals surface area (Å²) in [7, 11) is 0. The Kier molecular flexibility index (Phi) is 4.42. The van der Waals surface area contributed by atoms with E-state index >= 15 is 0 Å². The van der Waals surface area contributed by atoms with Gasteiger partial charge in [0.15, 0.2) is 0 Å². The largest absolute Gasteiger partial charge is 0.389 e. The summed E-state index contributed by atoms with van der Waals surface area (Å²) < 4.78 is 0. The monoisotopic (exact) mass is 211 g/mol. The topological polar surface area (TPSA) is 33.1 Å². The Morgan fingerprint density at radius 3 is 2.57 bits per heavy atom. The molecule has 0 aliphatic rings. The van der Waals surface area contributed by atoms with Gasteiger partial charge in [0.05, 0.1) is 10.6 Å². The molecule has 0 spiro atoms. The lowest BCUT2D eigenvalue weighted by molar-refractivity contribution is 0.0571. The van der Waals surface area contributed by atoms with Crippen LogP contribution in [0.3, 0.4) is 0 Å². The minimum absolute atomic E-state index is 0.539. The first-order valence-electron chi connectivity index (χ1n) is 4.96. The van der Waals surface area contributed by atoms with Crippen molar-refractivity contribution < 1.29 is 5.11 Å². The van der Waals surface area contributed by atoms with Crippen LogP contribution in [0.15, 0.2) is 29.4 Å². The second-order valence-electron chi connectivity index (χ2n) is 3.39. The van der Waals surface area contributed by atoms with E-state index in [4.69, 9.17) is 0 Å². The highest BCUT2D eigenvalue weighted by Crippen LogP contribution is 2.24. The zero-order valence-electron chi connectivity index (χ0n) is 8.73. The van der Waals surface area contributed by atoms with Gasteiger partial charge in [-0.05, 0) is 25.0 Å². The van der Waals surface area contributed by atoms with Gasteiger partial charge in [-0.25, -0.2) is 4.98 Å². The van der Waals surface area contributed by atoms with Crippen molar-refractivity contribution in [3.63, 3.8) is 0 Å².